The molecule has 1 aliphatic rings. The lowest BCUT2D eigenvalue weighted by Crippen LogP contribution is -2.28. The highest BCUT2D eigenvalue weighted by atomic mass is 32.1. The largest absolute Gasteiger partial charge is 0.225 e. The second-order valence-electron chi connectivity index (χ2n) is 9.52. The van der Waals surface area contributed by atoms with Crippen LogP contribution in [0.1, 0.15) is 49.9 Å². The fourth-order valence-electron chi connectivity index (χ4n) is 4.78. The fourth-order valence-corrected chi connectivity index (χ4v) is 6.04. The molecule has 1 aromatic carbocycles. The Hall–Kier alpha value is -3.20. The van der Waals surface area contributed by atoms with Gasteiger partial charge >= 0.3 is 0 Å². The van der Waals surface area contributed by atoms with Gasteiger partial charge in [0, 0.05) is 10.4 Å². The Labute approximate surface area is 195 Å². The molecule has 1 atom stereocenters. The van der Waals surface area contributed by atoms with Gasteiger partial charge in [-0.25, -0.2) is 14.5 Å². The predicted octanol–water partition coefficient (Wildman–Crippen LogP) is 4.58. The van der Waals surface area contributed by atoms with Crippen LogP contribution in [0.2, 0.25) is 0 Å². The molecule has 168 valence electrons. The third-order valence-corrected chi connectivity index (χ3v) is 8.38. The van der Waals surface area contributed by atoms with E-state index in [1.165, 1.54) is 28.7 Å². The van der Waals surface area contributed by atoms with Gasteiger partial charge in [-0.15, -0.1) is 26.6 Å². The summed E-state index contributed by atoms with van der Waals surface area (Å²) in [7, 11) is 0. The van der Waals surface area contributed by atoms with E-state index in [9.17, 15) is 0 Å². The highest BCUT2D eigenvalue weighted by Gasteiger charge is 2.33. The number of aromatic nitrogens is 8. The minimum atomic E-state index is 0.363. The highest BCUT2D eigenvalue weighted by molar-refractivity contribution is 7.19. The predicted molar refractivity (Wildman–Crippen MR) is 128 cm³/mol. The van der Waals surface area contributed by atoms with Gasteiger partial charge in [0.15, 0.2) is 11.5 Å². The summed E-state index contributed by atoms with van der Waals surface area (Å²) in [6, 6.07) is 9.84. The second kappa shape index (κ2) is 7.69. The van der Waals surface area contributed by atoms with Crippen molar-refractivity contribution < 1.29 is 0 Å². The molecule has 6 rings (SSSR count). The number of fused-ring (bicyclic) bond motifs is 5. The highest BCUT2D eigenvalue weighted by Crippen LogP contribution is 2.44. The van der Waals surface area contributed by atoms with Crippen molar-refractivity contribution in [2.45, 2.75) is 53.0 Å². The molecular formula is C24H26N8S. The molecule has 33 heavy (non-hydrogen) atoms. The van der Waals surface area contributed by atoms with E-state index in [-0.39, 0.29) is 0 Å². The molecule has 1 unspecified atom stereocenters. The first-order valence-electron chi connectivity index (χ1n) is 11.5. The molecule has 5 aromatic rings. The van der Waals surface area contributed by atoms with E-state index in [0.717, 1.165) is 28.9 Å². The number of rotatable bonds is 5. The van der Waals surface area contributed by atoms with E-state index in [0.29, 0.717) is 29.5 Å². The molecule has 4 heterocycles. The maximum atomic E-state index is 4.87. The topological polar surface area (TPSA) is 86.7 Å². The van der Waals surface area contributed by atoms with Gasteiger partial charge in [-0.2, -0.15) is 4.80 Å². The number of tetrazole rings is 1. The van der Waals surface area contributed by atoms with Gasteiger partial charge < -0.3 is 0 Å². The van der Waals surface area contributed by atoms with Gasteiger partial charge in [-0.1, -0.05) is 57.5 Å². The van der Waals surface area contributed by atoms with Crippen LogP contribution in [-0.2, 0) is 19.4 Å². The normalized spacial score (nSPS) is 16.5. The van der Waals surface area contributed by atoms with Crippen molar-refractivity contribution in [2.75, 3.05) is 0 Å². The molecule has 0 aliphatic heterocycles. The Balaban J connectivity index is 1.33. The molecule has 0 amide bonds. The van der Waals surface area contributed by atoms with Crippen molar-refractivity contribution in [2.24, 2.45) is 11.3 Å². The zero-order valence-corrected chi connectivity index (χ0v) is 19.9. The summed E-state index contributed by atoms with van der Waals surface area (Å²) in [6.45, 7) is 7.47. The third kappa shape index (κ3) is 3.51. The van der Waals surface area contributed by atoms with Gasteiger partial charge in [0.05, 0.1) is 5.39 Å². The fraction of sp³-hybridized carbons (Fsp3) is 0.417. The van der Waals surface area contributed by atoms with E-state index in [1.807, 2.05) is 41.7 Å². The van der Waals surface area contributed by atoms with Crippen LogP contribution in [0.25, 0.3) is 27.3 Å². The molecule has 0 fully saturated rings. The Morgan fingerprint density at radius 2 is 2.00 bits per heavy atom. The van der Waals surface area contributed by atoms with E-state index < -0.39 is 0 Å². The van der Waals surface area contributed by atoms with Gasteiger partial charge in [0.2, 0.25) is 5.82 Å². The first-order valence-corrected chi connectivity index (χ1v) is 12.3. The van der Waals surface area contributed by atoms with Gasteiger partial charge in [0.1, 0.15) is 17.7 Å². The van der Waals surface area contributed by atoms with Crippen molar-refractivity contribution in [3.8, 4) is 11.4 Å². The summed E-state index contributed by atoms with van der Waals surface area (Å²) < 4.78 is 1.79. The summed E-state index contributed by atoms with van der Waals surface area (Å²) >= 11 is 1.83. The average Bonchev–Trinajstić information content (AvgIpc) is 3.55. The standard InChI is InChI=1S/C24H26N8S/c1-4-24(2,3)16-10-11-17-18(12-16)33-23-20(17)22-26-19(28-31(22)14-25-23)13-32-29-21(27-30-32)15-8-6-5-7-9-15/h5-9,14,16H,4,10-13H2,1-3H3. The van der Waals surface area contributed by atoms with Crippen molar-refractivity contribution in [3.63, 3.8) is 0 Å². The summed E-state index contributed by atoms with van der Waals surface area (Å²) in [6.07, 6.45) is 6.41. The van der Waals surface area contributed by atoms with Crippen LogP contribution in [0.3, 0.4) is 0 Å². The Kier molecular flexibility index (Phi) is 4.76. The molecular weight excluding hydrogens is 432 g/mol. The number of nitrogens with zero attached hydrogens (tertiary/aromatic N) is 8. The van der Waals surface area contributed by atoms with Crippen molar-refractivity contribution in [3.05, 3.63) is 52.9 Å². The Bertz CT molecular complexity index is 1450. The number of aryl methyl sites for hydroxylation is 1. The lowest BCUT2D eigenvalue weighted by atomic mass is 9.70. The van der Waals surface area contributed by atoms with Crippen LogP contribution in [0.4, 0.5) is 0 Å². The molecule has 4 aromatic heterocycles. The number of hydrogen-bond donors (Lipinski definition) is 0. The van der Waals surface area contributed by atoms with Crippen LogP contribution in [0.15, 0.2) is 36.7 Å². The maximum Gasteiger partial charge on any atom is 0.204 e. The first kappa shape index (κ1) is 20.4. The summed E-state index contributed by atoms with van der Waals surface area (Å²) in [4.78, 5) is 13.7. The number of thiophene rings is 1. The van der Waals surface area contributed by atoms with Gasteiger partial charge in [-0.3, -0.25) is 0 Å². The molecule has 9 heteroatoms. The lowest BCUT2D eigenvalue weighted by molar-refractivity contribution is 0.184. The van der Waals surface area contributed by atoms with Crippen LogP contribution in [0, 0.1) is 11.3 Å². The van der Waals surface area contributed by atoms with Crippen LogP contribution < -0.4 is 0 Å². The van der Waals surface area contributed by atoms with E-state index in [1.54, 1.807) is 15.6 Å². The van der Waals surface area contributed by atoms with Crippen LogP contribution in [0.5, 0.6) is 0 Å². The molecule has 0 saturated carbocycles. The Morgan fingerprint density at radius 3 is 2.82 bits per heavy atom. The summed E-state index contributed by atoms with van der Waals surface area (Å²) in [5, 5.41) is 18.7. The lowest BCUT2D eigenvalue weighted by Gasteiger charge is -2.36. The SMILES string of the molecule is CCC(C)(C)C1CCc2c(sc3ncn4nc(Cn5nnc(-c6ccccc6)n5)nc4c23)C1. The minimum absolute atomic E-state index is 0.363. The maximum absolute atomic E-state index is 4.87. The minimum Gasteiger partial charge on any atom is -0.225 e. The Morgan fingerprint density at radius 1 is 1.15 bits per heavy atom. The quantitative estimate of drug-likeness (QED) is 0.383. The molecule has 1 aliphatic carbocycles. The zero-order chi connectivity index (χ0) is 22.6. The molecule has 0 bridgehead atoms. The number of hydrogen-bond acceptors (Lipinski definition) is 7. The second-order valence-corrected chi connectivity index (χ2v) is 10.6. The van der Waals surface area contributed by atoms with Crippen LogP contribution in [-0.4, -0.2) is 39.8 Å². The third-order valence-electron chi connectivity index (χ3n) is 7.21. The first-order chi connectivity index (χ1) is 16.0. The van der Waals surface area contributed by atoms with E-state index >= 15 is 0 Å². The smallest absolute Gasteiger partial charge is 0.204 e. The molecule has 0 radical (unpaired) electrons. The van der Waals surface area contributed by atoms with Gasteiger partial charge in [0.25, 0.3) is 0 Å². The number of benzene rings is 1. The summed E-state index contributed by atoms with van der Waals surface area (Å²) in [5.74, 6) is 1.96. The van der Waals surface area contributed by atoms with E-state index in [2.05, 4.69) is 41.3 Å². The average molecular weight is 459 g/mol. The zero-order valence-electron chi connectivity index (χ0n) is 19.1. The van der Waals surface area contributed by atoms with Gasteiger partial charge in [-0.05, 0) is 41.4 Å². The molecule has 8 nitrogen and oxygen atoms in total. The molecule has 0 N–H and O–H groups in total. The van der Waals surface area contributed by atoms with Crippen molar-refractivity contribution in [1.82, 2.24) is 39.8 Å². The molecule has 0 spiro atoms. The molecule has 0 saturated heterocycles. The van der Waals surface area contributed by atoms with E-state index in [4.69, 9.17) is 9.97 Å². The van der Waals surface area contributed by atoms with Crippen molar-refractivity contribution in [1.29, 1.82) is 0 Å². The monoisotopic (exact) mass is 458 g/mol. The van der Waals surface area contributed by atoms with Crippen LogP contribution >= 0.6 is 11.3 Å². The van der Waals surface area contributed by atoms with Crippen molar-refractivity contribution >= 4 is 27.2 Å². The summed E-state index contributed by atoms with van der Waals surface area (Å²) in [5.41, 5.74) is 3.60.